The third kappa shape index (κ3) is 4.33. The van der Waals surface area contributed by atoms with Gasteiger partial charge in [-0.2, -0.15) is 0 Å². The predicted molar refractivity (Wildman–Crippen MR) is 112 cm³/mol. The van der Waals surface area contributed by atoms with Gasteiger partial charge in [-0.1, -0.05) is 37.6 Å². The maximum absolute atomic E-state index is 12.9. The van der Waals surface area contributed by atoms with Gasteiger partial charge in [0.1, 0.15) is 5.76 Å². The van der Waals surface area contributed by atoms with E-state index in [0.29, 0.717) is 29.2 Å². The summed E-state index contributed by atoms with van der Waals surface area (Å²) in [4.78, 5) is 33.4. The molecule has 1 aliphatic rings. The zero-order valence-electron chi connectivity index (χ0n) is 16.5. The maximum atomic E-state index is 12.9. The lowest BCUT2D eigenvalue weighted by Crippen LogP contribution is -2.38. The Hall–Kier alpha value is -2.70. The first-order valence-electron chi connectivity index (χ1n) is 9.64. The maximum Gasteiger partial charge on any atom is 0.295 e. The van der Waals surface area contributed by atoms with Crippen molar-refractivity contribution in [3.63, 3.8) is 0 Å². The summed E-state index contributed by atoms with van der Waals surface area (Å²) in [7, 11) is 0. The van der Waals surface area contributed by atoms with Gasteiger partial charge in [-0.25, -0.2) is 0 Å². The summed E-state index contributed by atoms with van der Waals surface area (Å²) in [6, 6.07) is 9.55. The lowest BCUT2D eigenvalue weighted by molar-refractivity contribution is -0.140. The highest BCUT2D eigenvalue weighted by atomic mass is 35.5. The van der Waals surface area contributed by atoms with Gasteiger partial charge in [-0.15, -0.1) is 0 Å². The number of aromatic nitrogens is 1. The van der Waals surface area contributed by atoms with Crippen LogP contribution in [0.5, 0.6) is 0 Å². The second-order valence-corrected chi connectivity index (χ2v) is 7.25. The fourth-order valence-corrected chi connectivity index (χ4v) is 3.79. The normalized spacial score (nSPS) is 18.6. The van der Waals surface area contributed by atoms with Gasteiger partial charge < -0.3 is 14.9 Å². The number of carbonyl (C=O) groups excluding carboxylic acids is 2. The molecule has 6 nitrogen and oxygen atoms in total. The molecule has 0 saturated carbocycles. The number of carbonyl (C=O) groups is 2. The zero-order chi connectivity index (χ0) is 21.0. The minimum atomic E-state index is -0.697. The third-order valence-corrected chi connectivity index (χ3v) is 5.44. The van der Waals surface area contributed by atoms with E-state index in [1.165, 1.54) is 17.3 Å². The Balaban J connectivity index is 2.09. The smallest absolute Gasteiger partial charge is 0.295 e. The highest BCUT2D eigenvalue weighted by molar-refractivity contribution is 6.46. The van der Waals surface area contributed by atoms with Crippen molar-refractivity contribution in [2.24, 2.45) is 0 Å². The van der Waals surface area contributed by atoms with Crippen molar-refractivity contribution in [2.45, 2.75) is 19.9 Å². The topological polar surface area (TPSA) is 73.7 Å². The lowest BCUT2D eigenvalue weighted by Gasteiger charge is -2.28. The number of likely N-dealkylation sites (tertiary alicyclic amines) is 1. The number of ketones is 1. The number of likely N-dealkylation sites (N-methyl/N-ethyl adjacent to an activating group) is 1. The lowest BCUT2D eigenvalue weighted by atomic mass is 9.95. The Morgan fingerprint density at radius 1 is 1.17 bits per heavy atom. The molecule has 0 spiro atoms. The molecule has 0 aliphatic carbocycles. The van der Waals surface area contributed by atoms with E-state index in [1.807, 2.05) is 6.07 Å². The Kier molecular flexibility index (Phi) is 6.67. The number of benzene rings is 1. The number of aliphatic hydroxyl groups is 1. The SMILES string of the molecule is CCN(CC)CCN1C(=O)C(=O)/C(=C(/O)c2ccncc2)[C@@H]1c1cccc(Cl)c1. The summed E-state index contributed by atoms with van der Waals surface area (Å²) in [5.74, 6) is -1.51. The number of Topliss-reactive ketones (excluding diaryl/α,β-unsaturated/α-hetero) is 1. The number of rotatable bonds is 7. The van der Waals surface area contributed by atoms with Gasteiger partial charge in [0.2, 0.25) is 0 Å². The number of hydrogen-bond acceptors (Lipinski definition) is 5. The number of aliphatic hydroxyl groups excluding tert-OH is 1. The highest BCUT2D eigenvalue weighted by Gasteiger charge is 2.46. The molecule has 1 aromatic heterocycles. The van der Waals surface area contributed by atoms with Gasteiger partial charge in [0.05, 0.1) is 11.6 Å². The van der Waals surface area contributed by atoms with Gasteiger partial charge in [0, 0.05) is 36.1 Å². The molecule has 0 bridgehead atoms. The van der Waals surface area contributed by atoms with Crippen LogP contribution < -0.4 is 0 Å². The average Bonchev–Trinajstić information content (AvgIpc) is 2.99. The molecule has 0 radical (unpaired) electrons. The number of pyridine rings is 1. The molecule has 1 aliphatic heterocycles. The molecule has 1 N–H and O–H groups in total. The molecule has 29 heavy (non-hydrogen) atoms. The standard InChI is InChI=1S/C22H24ClN3O3/c1-3-25(4-2)12-13-26-19(16-6-5-7-17(23)14-16)18(21(28)22(26)29)20(27)15-8-10-24-11-9-15/h5-11,14,19,27H,3-4,12-13H2,1-2H3/b20-18+/t19-/m0/s1. The Morgan fingerprint density at radius 3 is 2.48 bits per heavy atom. The highest BCUT2D eigenvalue weighted by Crippen LogP contribution is 2.39. The van der Waals surface area contributed by atoms with Crippen LogP contribution in [0.4, 0.5) is 0 Å². The minimum Gasteiger partial charge on any atom is -0.507 e. The van der Waals surface area contributed by atoms with Crippen LogP contribution in [0, 0.1) is 0 Å². The van der Waals surface area contributed by atoms with Crippen LogP contribution in [0.1, 0.15) is 31.0 Å². The second-order valence-electron chi connectivity index (χ2n) is 6.81. The molecular formula is C22H24ClN3O3. The van der Waals surface area contributed by atoms with Crippen molar-refractivity contribution in [1.29, 1.82) is 0 Å². The molecular weight excluding hydrogens is 390 g/mol. The van der Waals surface area contributed by atoms with E-state index in [2.05, 4.69) is 23.7 Å². The van der Waals surface area contributed by atoms with Crippen molar-refractivity contribution in [3.8, 4) is 0 Å². The zero-order valence-corrected chi connectivity index (χ0v) is 17.3. The van der Waals surface area contributed by atoms with Gasteiger partial charge >= 0.3 is 0 Å². The van der Waals surface area contributed by atoms with E-state index in [0.717, 1.165) is 13.1 Å². The average molecular weight is 414 g/mol. The number of hydrogen-bond donors (Lipinski definition) is 1. The Bertz CT molecular complexity index is 926. The van der Waals surface area contributed by atoms with Crippen LogP contribution in [-0.2, 0) is 9.59 Å². The van der Waals surface area contributed by atoms with E-state index in [4.69, 9.17) is 11.6 Å². The van der Waals surface area contributed by atoms with E-state index in [1.54, 1.807) is 30.3 Å². The molecule has 1 amide bonds. The fourth-order valence-electron chi connectivity index (χ4n) is 3.59. The van der Waals surface area contributed by atoms with Gasteiger partial charge in [-0.3, -0.25) is 14.6 Å². The minimum absolute atomic E-state index is 0.0722. The van der Waals surface area contributed by atoms with E-state index >= 15 is 0 Å². The van der Waals surface area contributed by atoms with Crippen molar-refractivity contribution in [2.75, 3.05) is 26.2 Å². The van der Waals surface area contributed by atoms with Gasteiger partial charge in [0.25, 0.3) is 11.7 Å². The van der Waals surface area contributed by atoms with Crippen LogP contribution in [-0.4, -0.2) is 57.8 Å². The molecule has 2 aromatic rings. The Morgan fingerprint density at radius 2 is 1.86 bits per heavy atom. The quantitative estimate of drug-likeness (QED) is 0.427. The molecule has 152 valence electrons. The summed E-state index contributed by atoms with van der Waals surface area (Å²) >= 11 is 6.18. The van der Waals surface area contributed by atoms with Crippen LogP contribution in [0.15, 0.2) is 54.4 Å². The van der Waals surface area contributed by atoms with E-state index in [9.17, 15) is 14.7 Å². The van der Waals surface area contributed by atoms with Crippen molar-refractivity contribution in [3.05, 3.63) is 70.5 Å². The molecule has 0 unspecified atom stereocenters. The van der Waals surface area contributed by atoms with Crippen molar-refractivity contribution >= 4 is 29.1 Å². The molecule has 1 aromatic carbocycles. The van der Waals surface area contributed by atoms with Crippen LogP contribution in [0.2, 0.25) is 5.02 Å². The first-order chi connectivity index (χ1) is 14.0. The first-order valence-corrected chi connectivity index (χ1v) is 10.0. The van der Waals surface area contributed by atoms with Crippen LogP contribution >= 0.6 is 11.6 Å². The summed E-state index contributed by atoms with van der Waals surface area (Å²) in [6.07, 6.45) is 3.06. The summed E-state index contributed by atoms with van der Waals surface area (Å²) in [5, 5.41) is 11.4. The molecule has 1 fully saturated rings. The third-order valence-electron chi connectivity index (χ3n) is 5.21. The van der Waals surface area contributed by atoms with Gasteiger partial charge in [0.15, 0.2) is 0 Å². The van der Waals surface area contributed by atoms with Crippen LogP contribution in [0.3, 0.4) is 0 Å². The monoisotopic (exact) mass is 413 g/mol. The van der Waals surface area contributed by atoms with Crippen molar-refractivity contribution < 1.29 is 14.7 Å². The summed E-state index contributed by atoms with van der Waals surface area (Å²) in [5.41, 5.74) is 1.20. The van der Waals surface area contributed by atoms with Crippen molar-refractivity contribution in [1.82, 2.24) is 14.8 Å². The Labute approximate surface area is 175 Å². The molecule has 1 saturated heterocycles. The second kappa shape index (κ2) is 9.20. The summed E-state index contributed by atoms with van der Waals surface area (Å²) in [6.45, 7) is 6.80. The molecule has 1 atom stereocenters. The van der Waals surface area contributed by atoms with E-state index < -0.39 is 17.7 Å². The van der Waals surface area contributed by atoms with E-state index in [-0.39, 0.29) is 11.3 Å². The number of nitrogens with zero attached hydrogens (tertiary/aromatic N) is 3. The first kappa shape index (κ1) is 21.0. The number of amides is 1. The molecule has 3 rings (SSSR count). The van der Waals surface area contributed by atoms with Gasteiger partial charge in [-0.05, 0) is 42.9 Å². The largest absolute Gasteiger partial charge is 0.507 e. The molecule has 7 heteroatoms. The molecule has 2 heterocycles. The number of halogens is 1. The predicted octanol–water partition coefficient (Wildman–Crippen LogP) is 3.50. The fraction of sp³-hybridized carbons (Fsp3) is 0.318. The van der Waals surface area contributed by atoms with Crippen LogP contribution in [0.25, 0.3) is 5.76 Å². The summed E-state index contributed by atoms with van der Waals surface area (Å²) < 4.78 is 0.